The van der Waals surface area contributed by atoms with E-state index in [4.69, 9.17) is 14.6 Å². The van der Waals surface area contributed by atoms with Gasteiger partial charge in [0.05, 0.1) is 17.4 Å². The second kappa shape index (κ2) is 18.4. The molecule has 16 nitrogen and oxygen atoms in total. The highest BCUT2D eigenvalue weighted by molar-refractivity contribution is 8.00. The van der Waals surface area contributed by atoms with Crippen molar-refractivity contribution in [3.8, 4) is 11.5 Å². The van der Waals surface area contributed by atoms with Gasteiger partial charge in [-0.15, -0.1) is 23.1 Å². The number of hydrogen-bond acceptors (Lipinski definition) is 14. The van der Waals surface area contributed by atoms with Crippen molar-refractivity contribution in [2.45, 2.75) is 69.3 Å². The molecule has 0 aliphatic carbocycles. The minimum atomic E-state index is -1.66. The van der Waals surface area contributed by atoms with E-state index < -0.39 is 51.9 Å². The highest BCUT2D eigenvalue weighted by atomic mass is 32.2. The topological polar surface area (TPSA) is 218 Å². The summed E-state index contributed by atoms with van der Waals surface area (Å²) >= 11 is 2.48. The lowest BCUT2D eigenvalue weighted by Gasteiger charge is -2.49. The number of nitrogens with one attached hydrogen (secondary N) is 2. The predicted octanol–water partition coefficient (Wildman–Crippen LogP) is 7.14. The molecule has 2 aliphatic rings. The molecule has 0 saturated carbocycles. The number of aromatic nitrogens is 3. The smallest absolute Gasteiger partial charge is 0.353 e. The van der Waals surface area contributed by atoms with Crippen molar-refractivity contribution in [2.24, 2.45) is 5.16 Å². The molecule has 8 rings (SSSR count). The summed E-state index contributed by atoms with van der Waals surface area (Å²) in [6.45, 7) is 8.28. The van der Waals surface area contributed by atoms with Crippen LogP contribution in [0.4, 0.5) is 5.13 Å². The Labute approximate surface area is 393 Å². The Balaban J connectivity index is 1.08. The van der Waals surface area contributed by atoms with Crippen LogP contribution in [0, 0.1) is 0 Å². The van der Waals surface area contributed by atoms with Crippen LogP contribution in [0.5, 0.6) is 11.5 Å². The second-order valence-electron chi connectivity index (χ2n) is 17.2. The van der Waals surface area contributed by atoms with Crippen molar-refractivity contribution >= 4 is 68.7 Å². The summed E-state index contributed by atoms with van der Waals surface area (Å²) in [5, 5.41) is 42.1. The third-order valence-corrected chi connectivity index (χ3v) is 13.0. The van der Waals surface area contributed by atoms with Crippen molar-refractivity contribution in [3.05, 3.63) is 161 Å². The second-order valence-corrected chi connectivity index (χ2v) is 19.2. The molecule has 0 bridgehead atoms. The molecule has 1 saturated heterocycles. The van der Waals surface area contributed by atoms with E-state index in [1.165, 1.54) is 55.4 Å². The zero-order valence-corrected chi connectivity index (χ0v) is 38.7. The number of allylic oxidation sites excluding steroid dienone is 2. The van der Waals surface area contributed by atoms with Gasteiger partial charge in [-0.1, -0.05) is 108 Å². The molecular weight excluding hydrogens is 895 g/mol. The van der Waals surface area contributed by atoms with Gasteiger partial charge in [0.15, 0.2) is 22.3 Å². The molecule has 1 fully saturated rings. The fourth-order valence-corrected chi connectivity index (χ4v) is 9.77. The number of nitrogens with zero attached hydrogens (tertiary/aromatic N) is 5. The molecule has 4 heterocycles. The van der Waals surface area contributed by atoms with E-state index >= 15 is 0 Å². The Morgan fingerprint density at radius 3 is 2.07 bits per heavy atom. The molecular formula is C49H47N7O9S2. The fourth-order valence-electron chi connectivity index (χ4n) is 7.70. The van der Waals surface area contributed by atoms with Crippen LogP contribution in [-0.2, 0) is 40.8 Å². The van der Waals surface area contributed by atoms with Crippen LogP contribution in [0.25, 0.3) is 11.0 Å². The van der Waals surface area contributed by atoms with E-state index in [2.05, 4.69) is 20.8 Å². The summed E-state index contributed by atoms with van der Waals surface area (Å²) in [4.78, 5) is 70.4. The van der Waals surface area contributed by atoms with Gasteiger partial charge in [-0.05, 0) is 56.9 Å². The number of imidazole rings is 1. The number of esters is 1. The van der Waals surface area contributed by atoms with Crippen molar-refractivity contribution in [3.63, 3.8) is 0 Å². The highest BCUT2D eigenvalue weighted by Crippen LogP contribution is 2.42. The van der Waals surface area contributed by atoms with E-state index in [1.807, 2.05) is 91.0 Å². The molecule has 5 N–H and O–H groups in total. The predicted molar refractivity (Wildman–Crippen MR) is 254 cm³/mol. The highest BCUT2D eigenvalue weighted by Gasteiger charge is 2.54. The standard InChI is InChI=1S/C49H47N7O9S2/c1-47(2,3)64-45(63)48(4,5)65-54-38(34-27-67-46(51-34)53-49(30-17-9-6-10-18-30,31-19-11-7-12-20-31)32-21-13-8-14-22-32)41(59)52-39-42(60)56-40(44(61)62)29(26-66-43(39)56)16-15-23-55-28-50-33-24-36(57)37(58)25-35(33)55/h6-22,24-25,27-28,39,43,57-58H,23,26H2,1-5H3,(H,51,53)(H,52,59)(H,61,62)/t39?,43-/m0/s1. The maximum absolute atomic E-state index is 14.5. The van der Waals surface area contributed by atoms with Gasteiger partial charge >= 0.3 is 11.9 Å². The number of phenolic OH excluding ortho intramolecular Hbond substituents is 2. The molecule has 344 valence electrons. The quantitative estimate of drug-likeness (QED) is 0.0173. The zero-order valence-electron chi connectivity index (χ0n) is 37.0. The normalized spacial score (nSPS) is 16.7. The van der Waals surface area contributed by atoms with Gasteiger partial charge in [-0.2, -0.15) is 0 Å². The van der Waals surface area contributed by atoms with Crippen molar-refractivity contribution in [1.29, 1.82) is 0 Å². The van der Waals surface area contributed by atoms with E-state index in [1.54, 1.807) is 42.9 Å². The molecule has 2 aromatic heterocycles. The van der Waals surface area contributed by atoms with Gasteiger partial charge in [0, 0.05) is 29.8 Å². The number of fused-ring (bicyclic) bond motifs is 2. The minimum absolute atomic E-state index is 0.0734. The Morgan fingerprint density at radius 1 is 0.896 bits per heavy atom. The molecule has 67 heavy (non-hydrogen) atoms. The van der Waals surface area contributed by atoms with E-state index in [0.717, 1.165) is 21.6 Å². The summed E-state index contributed by atoms with van der Waals surface area (Å²) in [5.41, 5.74) is 0.164. The first kappa shape index (κ1) is 46.1. The van der Waals surface area contributed by atoms with Crippen LogP contribution in [0.15, 0.2) is 143 Å². The Bertz CT molecular complexity index is 2850. The fraction of sp³-hybridized carbons (Fsp3) is 0.245. The van der Waals surface area contributed by atoms with E-state index in [9.17, 15) is 34.5 Å². The number of rotatable bonds is 15. The largest absolute Gasteiger partial charge is 0.504 e. The number of benzene rings is 4. The zero-order chi connectivity index (χ0) is 47.7. The van der Waals surface area contributed by atoms with E-state index in [-0.39, 0.29) is 40.9 Å². The number of thiazole rings is 1. The maximum Gasteiger partial charge on any atom is 0.353 e. The first-order valence-corrected chi connectivity index (χ1v) is 23.1. The number of amides is 2. The summed E-state index contributed by atoms with van der Waals surface area (Å²) < 4.78 is 7.27. The molecule has 2 aliphatic heterocycles. The monoisotopic (exact) mass is 941 g/mol. The number of aromatic hydroxyl groups is 2. The van der Waals surface area contributed by atoms with Crippen LogP contribution < -0.4 is 10.6 Å². The van der Waals surface area contributed by atoms with Gasteiger partial charge in [0.25, 0.3) is 11.8 Å². The van der Waals surface area contributed by atoms with Gasteiger partial charge in [-0.3, -0.25) is 14.5 Å². The number of β-lactam (4-membered cyclic amide) rings is 1. The summed E-state index contributed by atoms with van der Waals surface area (Å²) in [5.74, 6) is -3.98. The maximum atomic E-state index is 14.5. The molecule has 2 atom stereocenters. The first-order chi connectivity index (χ1) is 32.0. The third-order valence-electron chi connectivity index (χ3n) is 11.0. The lowest BCUT2D eigenvalue weighted by Crippen LogP contribution is -2.71. The number of ether oxygens (including phenoxy) is 1. The molecule has 0 radical (unpaired) electrons. The van der Waals surface area contributed by atoms with Crippen molar-refractivity contribution < 1.29 is 44.1 Å². The SMILES string of the molecule is CC(C)(C)OC(=O)C(C)(C)ON=C(C(=O)NC1C(=O)N2C(C(=O)O)=C(C=CCn3cnc4cc(O)c(O)cc43)CS[C@@H]12)c1csc(NC(c2ccccc2)(c2ccccc2)c2ccccc2)n1. The number of aliphatic carboxylic acids is 1. The van der Waals surface area contributed by atoms with E-state index in [0.29, 0.717) is 21.7 Å². The number of phenols is 2. The van der Waals surface area contributed by atoms with Crippen molar-refractivity contribution in [1.82, 2.24) is 24.8 Å². The minimum Gasteiger partial charge on any atom is -0.504 e. The molecule has 2 amide bonds. The number of anilines is 1. The molecule has 18 heteroatoms. The van der Waals surface area contributed by atoms with Gasteiger partial charge in [0.1, 0.15) is 33.9 Å². The number of carbonyl (C=O) groups excluding carboxylic acids is 3. The molecule has 4 aromatic carbocycles. The van der Waals surface area contributed by atoms with Crippen LogP contribution in [0.3, 0.4) is 0 Å². The molecule has 0 spiro atoms. The van der Waals surface area contributed by atoms with Gasteiger partial charge in [0.2, 0.25) is 5.60 Å². The number of oxime groups is 1. The van der Waals surface area contributed by atoms with Gasteiger partial charge in [-0.25, -0.2) is 19.6 Å². The Morgan fingerprint density at radius 2 is 1.49 bits per heavy atom. The Kier molecular flexibility index (Phi) is 12.7. The molecule has 1 unspecified atom stereocenters. The van der Waals surface area contributed by atoms with Crippen LogP contribution in [0.1, 0.15) is 57.0 Å². The number of carboxylic acids is 1. The first-order valence-electron chi connectivity index (χ1n) is 21.1. The molecule has 6 aromatic rings. The third kappa shape index (κ3) is 9.35. The average molecular weight is 942 g/mol. The van der Waals surface area contributed by atoms with Crippen LogP contribution in [-0.4, -0.2) is 92.6 Å². The Hall–Kier alpha value is -7.44. The van der Waals surface area contributed by atoms with Crippen LogP contribution in [0.2, 0.25) is 0 Å². The average Bonchev–Trinajstić information content (AvgIpc) is 3.93. The number of thioether (sulfide) groups is 1. The lowest BCUT2D eigenvalue weighted by atomic mass is 9.77. The van der Waals surface area contributed by atoms with Crippen LogP contribution >= 0.6 is 23.1 Å². The summed E-state index contributed by atoms with van der Waals surface area (Å²) in [6, 6.07) is 31.2. The number of carbonyl (C=O) groups is 4. The van der Waals surface area contributed by atoms with Crippen molar-refractivity contribution in [2.75, 3.05) is 11.1 Å². The summed E-state index contributed by atoms with van der Waals surface area (Å²) in [7, 11) is 0. The number of hydrogen-bond donors (Lipinski definition) is 5. The lowest BCUT2D eigenvalue weighted by molar-refractivity contribution is -0.179. The number of carboxylic acid groups (broad SMARTS) is 1. The van der Waals surface area contributed by atoms with Gasteiger partial charge < -0.3 is 40.1 Å². The summed E-state index contributed by atoms with van der Waals surface area (Å²) in [6.07, 6.45) is 4.84.